The van der Waals surface area contributed by atoms with E-state index in [1.807, 2.05) is 0 Å². The van der Waals surface area contributed by atoms with Crippen LogP contribution in [0.3, 0.4) is 0 Å². The Morgan fingerprint density at radius 2 is 1.22 bits per heavy atom. The Hall–Kier alpha value is -3.46. The van der Waals surface area contributed by atoms with Crippen LogP contribution in [0.25, 0.3) is 32.7 Å². The molecule has 0 aromatic heterocycles. The fourth-order valence-electron chi connectivity index (χ4n) is 13.3. The van der Waals surface area contributed by atoms with E-state index >= 15 is 0 Å². The molecule has 8 atom stereocenters. The van der Waals surface area contributed by atoms with Crippen molar-refractivity contribution in [3.8, 4) is 22.6 Å². The number of benzene rings is 4. The molecule has 0 saturated heterocycles. The highest BCUT2D eigenvalue weighted by molar-refractivity contribution is 6.09. The Morgan fingerprint density at radius 3 is 1.83 bits per heavy atom. The number of allylic oxidation sites excluding steroid dienone is 2. The maximum absolute atomic E-state index is 10.7. The Labute approximate surface area is 351 Å². The summed E-state index contributed by atoms with van der Waals surface area (Å²) >= 11 is 0. The van der Waals surface area contributed by atoms with E-state index in [9.17, 15) is 5.11 Å². The summed E-state index contributed by atoms with van der Waals surface area (Å²) < 4.78 is 38.9. The molecule has 1 N–H and O–H groups in total. The van der Waals surface area contributed by atoms with Crippen molar-refractivity contribution in [2.75, 3.05) is 72.7 Å². The van der Waals surface area contributed by atoms with Gasteiger partial charge in [-0.05, 0) is 118 Å². The standard InChI is InChI=1S/C52H66O7/c1-35(2)41-31-52-21-18-46-50(3,34-53)19-9-20-51(46,4)47(52)30-40(41)42-32-56-24-22-54-26-28-58-44-16-14-36-10-5-7-12-38(36)48(44)49-39-13-8-6-11-37(39)15-17-45(49)59-29-27-55-23-25-57-33-43(42)52/h5-8,10-17,31,35,40,42-43,46-47,53H,9,18-30,32-34H2,1-4H3/t40-,42?,43?,46-,47+,50-,51-,52+/m0/s1. The molecular weight excluding hydrogens is 737 g/mol. The van der Waals surface area contributed by atoms with Crippen molar-refractivity contribution in [3.05, 3.63) is 84.4 Å². The number of ether oxygens (including phenoxy) is 6. The number of aliphatic hydroxyl groups excluding tert-OH is 1. The van der Waals surface area contributed by atoms with Crippen LogP contribution in [0, 0.1) is 51.8 Å². The molecule has 10 rings (SSSR count). The van der Waals surface area contributed by atoms with E-state index < -0.39 is 0 Å². The molecular formula is C52H66O7. The first-order valence-electron chi connectivity index (χ1n) is 22.7. The minimum Gasteiger partial charge on any atom is -0.491 e. The van der Waals surface area contributed by atoms with Crippen LogP contribution in [0.1, 0.15) is 66.2 Å². The Balaban J connectivity index is 0.972. The molecule has 2 bridgehead atoms. The molecule has 7 heteroatoms. The normalized spacial score (nSPS) is 33.5. The molecule has 4 aromatic carbocycles. The zero-order valence-electron chi connectivity index (χ0n) is 35.9. The quantitative estimate of drug-likeness (QED) is 0.202. The Morgan fingerprint density at radius 1 is 0.644 bits per heavy atom. The minimum atomic E-state index is 0.00272. The van der Waals surface area contributed by atoms with Gasteiger partial charge in [0.15, 0.2) is 0 Å². The van der Waals surface area contributed by atoms with Crippen LogP contribution in [0.2, 0.25) is 0 Å². The molecule has 1 heterocycles. The van der Waals surface area contributed by atoms with E-state index in [1.54, 1.807) is 5.57 Å². The maximum atomic E-state index is 10.7. The van der Waals surface area contributed by atoms with E-state index in [4.69, 9.17) is 28.4 Å². The first-order chi connectivity index (χ1) is 28.8. The molecule has 7 nitrogen and oxygen atoms in total. The van der Waals surface area contributed by atoms with Gasteiger partial charge in [-0.1, -0.05) is 106 Å². The van der Waals surface area contributed by atoms with E-state index in [0.29, 0.717) is 108 Å². The van der Waals surface area contributed by atoms with Gasteiger partial charge >= 0.3 is 0 Å². The van der Waals surface area contributed by atoms with Gasteiger partial charge in [-0.15, -0.1) is 0 Å². The van der Waals surface area contributed by atoms with Crippen molar-refractivity contribution in [3.63, 3.8) is 0 Å². The van der Waals surface area contributed by atoms with Crippen molar-refractivity contribution in [1.29, 1.82) is 0 Å². The molecule has 3 fully saturated rings. The summed E-state index contributed by atoms with van der Waals surface area (Å²) in [7, 11) is 0. The zero-order chi connectivity index (χ0) is 40.6. The number of rotatable bonds is 2. The molecule has 4 aromatic rings. The summed E-state index contributed by atoms with van der Waals surface area (Å²) in [6.07, 6.45) is 9.91. The molecule has 0 radical (unpaired) electrons. The molecule has 3 saturated carbocycles. The highest BCUT2D eigenvalue weighted by Gasteiger charge is 2.67. The second-order valence-electron chi connectivity index (χ2n) is 19.2. The summed E-state index contributed by atoms with van der Waals surface area (Å²) in [4.78, 5) is 0. The molecule has 316 valence electrons. The third-order valence-corrected chi connectivity index (χ3v) is 15.9. The predicted molar refractivity (Wildman–Crippen MR) is 235 cm³/mol. The predicted octanol–water partition coefficient (Wildman–Crippen LogP) is 10.5. The van der Waals surface area contributed by atoms with Gasteiger partial charge in [0.25, 0.3) is 0 Å². The smallest absolute Gasteiger partial charge is 0.128 e. The van der Waals surface area contributed by atoms with Crippen molar-refractivity contribution >= 4 is 21.5 Å². The lowest BCUT2D eigenvalue weighted by atomic mass is 9.34. The third-order valence-electron chi connectivity index (χ3n) is 15.9. The topological polar surface area (TPSA) is 75.6 Å². The van der Waals surface area contributed by atoms with Crippen LogP contribution in [0.15, 0.2) is 84.4 Å². The van der Waals surface area contributed by atoms with Crippen molar-refractivity contribution in [1.82, 2.24) is 0 Å². The molecule has 1 spiro atoms. The number of fused-ring (bicyclic) bond motifs is 8. The van der Waals surface area contributed by atoms with Gasteiger partial charge in [-0.3, -0.25) is 0 Å². The fourth-order valence-corrected chi connectivity index (χ4v) is 13.3. The van der Waals surface area contributed by atoms with E-state index in [0.717, 1.165) is 57.0 Å². The second kappa shape index (κ2) is 17.1. The van der Waals surface area contributed by atoms with Crippen molar-refractivity contribution in [2.24, 2.45) is 51.8 Å². The summed E-state index contributed by atoms with van der Waals surface area (Å²) in [6.45, 7) is 15.4. The molecule has 1 aliphatic heterocycles. The van der Waals surface area contributed by atoms with Gasteiger partial charge in [0.05, 0.1) is 52.9 Å². The van der Waals surface area contributed by atoms with Crippen LogP contribution in [0.4, 0.5) is 0 Å². The minimum absolute atomic E-state index is 0.00272. The lowest BCUT2D eigenvalue weighted by Gasteiger charge is -2.70. The first-order valence-corrected chi connectivity index (χ1v) is 22.7. The summed E-state index contributed by atoms with van der Waals surface area (Å²) in [6, 6.07) is 25.4. The van der Waals surface area contributed by atoms with Crippen LogP contribution in [0.5, 0.6) is 11.5 Å². The van der Waals surface area contributed by atoms with Crippen LogP contribution >= 0.6 is 0 Å². The molecule has 6 aliphatic rings. The molecule has 0 amide bonds. The SMILES string of the molecule is CC(C)C1=C[C@@]23CC[C@H]4[C@](C)(CO)CCC[C@]4(C)[C@H]2C[C@@H]1C1COCCOCCOc2ccc4ccccc4c2-c2c(ccc4ccccc24)OCCOCCOCC13. The molecule has 5 aliphatic carbocycles. The lowest BCUT2D eigenvalue weighted by molar-refractivity contribution is -0.204. The second-order valence-corrected chi connectivity index (χ2v) is 19.2. The number of hydrogen-bond donors (Lipinski definition) is 1. The van der Waals surface area contributed by atoms with Gasteiger partial charge < -0.3 is 33.5 Å². The fraction of sp³-hybridized carbons (Fsp3) is 0.577. The lowest BCUT2D eigenvalue weighted by Crippen LogP contribution is -2.65. The van der Waals surface area contributed by atoms with Crippen molar-refractivity contribution in [2.45, 2.75) is 66.2 Å². The van der Waals surface area contributed by atoms with E-state index in [-0.39, 0.29) is 16.2 Å². The number of aliphatic hydroxyl groups is 1. The highest BCUT2D eigenvalue weighted by Crippen LogP contribution is 2.73. The monoisotopic (exact) mass is 802 g/mol. The van der Waals surface area contributed by atoms with Crippen LogP contribution < -0.4 is 9.47 Å². The van der Waals surface area contributed by atoms with Crippen molar-refractivity contribution < 1.29 is 33.5 Å². The third kappa shape index (κ3) is 7.41. The Kier molecular flexibility index (Phi) is 11.9. The summed E-state index contributed by atoms with van der Waals surface area (Å²) in [5, 5.41) is 15.3. The van der Waals surface area contributed by atoms with E-state index in [1.165, 1.54) is 25.7 Å². The van der Waals surface area contributed by atoms with Gasteiger partial charge in [-0.2, -0.15) is 0 Å². The summed E-state index contributed by atoms with van der Waals surface area (Å²) in [5.74, 6) is 4.47. The van der Waals surface area contributed by atoms with Gasteiger partial charge in [0.1, 0.15) is 24.7 Å². The van der Waals surface area contributed by atoms with Crippen LogP contribution in [-0.2, 0) is 18.9 Å². The number of hydrogen-bond acceptors (Lipinski definition) is 7. The molecule has 2 unspecified atom stereocenters. The van der Waals surface area contributed by atoms with Gasteiger partial charge in [0.2, 0.25) is 0 Å². The zero-order valence-corrected chi connectivity index (χ0v) is 35.9. The molecule has 59 heavy (non-hydrogen) atoms. The van der Waals surface area contributed by atoms with Gasteiger partial charge in [-0.25, -0.2) is 0 Å². The van der Waals surface area contributed by atoms with Gasteiger partial charge in [0, 0.05) is 17.7 Å². The first kappa shape index (κ1) is 40.9. The Bertz CT molecular complexity index is 2130. The van der Waals surface area contributed by atoms with E-state index in [2.05, 4.69) is 107 Å². The highest BCUT2D eigenvalue weighted by atomic mass is 16.6. The van der Waals surface area contributed by atoms with Crippen LogP contribution in [-0.4, -0.2) is 77.8 Å². The average molecular weight is 803 g/mol. The average Bonchev–Trinajstić information content (AvgIpc) is 3.25. The largest absolute Gasteiger partial charge is 0.491 e. The maximum Gasteiger partial charge on any atom is 0.128 e. The summed E-state index contributed by atoms with van der Waals surface area (Å²) in [5.41, 5.74) is 3.95.